The van der Waals surface area contributed by atoms with Gasteiger partial charge in [-0.2, -0.15) is 0 Å². The average molecular weight is 477 g/mol. The lowest BCUT2D eigenvalue weighted by atomic mass is 9.84. The van der Waals surface area contributed by atoms with Gasteiger partial charge in [-0.1, -0.05) is 37.5 Å². The SMILES string of the molecule is CC1CCC(N(C(=O)Nc2ncc(SC[C@@H](N)C(=O)O)s2)C2CCCCC2)CC1.Cl. The van der Waals surface area contributed by atoms with Gasteiger partial charge >= 0.3 is 12.0 Å². The van der Waals surface area contributed by atoms with Crippen LogP contribution in [0.15, 0.2) is 10.4 Å². The smallest absolute Gasteiger partial charge is 0.324 e. The lowest BCUT2D eigenvalue weighted by Gasteiger charge is -2.42. The van der Waals surface area contributed by atoms with Crippen molar-refractivity contribution in [3.63, 3.8) is 0 Å². The number of halogens is 1. The molecule has 2 amide bonds. The van der Waals surface area contributed by atoms with Gasteiger partial charge in [0.2, 0.25) is 0 Å². The lowest BCUT2D eigenvalue weighted by molar-refractivity contribution is -0.137. The highest BCUT2D eigenvalue weighted by molar-refractivity contribution is 8.01. The van der Waals surface area contributed by atoms with Crippen LogP contribution in [0, 0.1) is 5.92 Å². The number of carboxylic acid groups (broad SMARTS) is 1. The summed E-state index contributed by atoms with van der Waals surface area (Å²) in [4.78, 5) is 30.5. The highest BCUT2D eigenvalue weighted by Gasteiger charge is 2.34. The fourth-order valence-electron chi connectivity index (χ4n) is 4.29. The fourth-order valence-corrected chi connectivity index (χ4v) is 6.12. The summed E-state index contributed by atoms with van der Waals surface area (Å²) in [6, 6.07) is -0.304. The number of urea groups is 1. The third-order valence-corrected chi connectivity index (χ3v) is 8.23. The molecule has 0 bridgehead atoms. The summed E-state index contributed by atoms with van der Waals surface area (Å²) < 4.78 is 0.854. The molecule has 0 aromatic carbocycles. The van der Waals surface area contributed by atoms with Crippen LogP contribution in [0.25, 0.3) is 0 Å². The third kappa shape index (κ3) is 7.00. The predicted molar refractivity (Wildman–Crippen MR) is 125 cm³/mol. The molecule has 0 radical (unpaired) electrons. The number of amides is 2. The zero-order valence-electron chi connectivity index (χ0n) is 17.4. The molecule has 0 unspecified atom stereocenters. The molecule has 0 aliphatic heterocycles. The molecule has 1 heterocycles. The van der Waals surface area contributed by atoms with E-state index in [1.807, 2.05) is 0 Å². The van der Waals surface area contributed by atoms with Crippen LogP contribution in [0.2, 0.25) is 0 Å². The summed E-state index contributed by atoms with van der Waals surface area (Å²) in [5.74, 6) is 0.0121. The van der Waals surface area contributed by atoms with Gasteiger partial charge in [0, 0.05) is 17.8 Å². The van der Waals surface area contributed by atoms with Gasteiger partial charge in [0.25, 0.3) is 0 Å². The van der Waals surface area contributed by atoms with Crippen LogP contribution >= 0.6 is 35.5 Å². The molecule has 0 spiro atoms. The number of nitrogens with zero attached hydrogens (tertiary/aromatic N) is 2. The van der Waals surface area contributed by atoms with Crippen LogP contribution in [0.5, 0.6) is 0 Å². The van der Waals surface area contributed by atoms with Gasteiger partial charge in [-0.15, -0.1) is 24.2 Å². The molecule has 0 saturated heterocycles. The van der Waals surface area contributed by atoms with Gasteiger partial charge in [-0.3, -0.25) is 10.1 Å². The van der Waals surface area contributed by atoms with Gasteiger partial charge in [0.05, 0.1) is 10.4 Å². The van der Waals surface area contributed by atoms with Gasteiger partial charge in [-0.05, 0) is 44.4 Å². The van der Waals surface area contributed by atoms with E-state index in [1.165, 1.54) is 55.2 Å². The lowest BCUT2D eigenvalue weighted by Crippen LogP contribution is -2.51. The number of aromatic nitrogens is 1. The van der Waals surface area contributed by atoms with Crippen molar-refractivity contribution in [3.8, 4) is 0 Å². The first-order valence-electron chi connectivity index (χ1n) is 10.6. The monoisotopic (exact) mass is 476 g/mol. The van der Waals surface area contributed by atoms with Gasteiger partial charge < -0.3 is 15.7 Å². The summed E-state index contributed by atoms with van der Waals surface area (Å²) in [6.07, 6.45) is 12.0. The van der Waals surface area contributed by atoms with E-state index in [0.29, 0.717) is 17.2 Å². The van der Waals surface area contributed by atoms with Crippen molar-refractivity contribution in [1.29, 1.82) is 0 Å². The number of aliphatic carboxylic acids is 1. The Bertz CT molecular complexity index is 691. The summed E-state index contributed by atoms with van der Waals surface area (Å²) in [5.41, 5.74) is 5.55. The Kier molecular flexibility index (Phi) is 10.2. The van der Waals surface area contributed by atoms with Crippen molar-refractivity contribution in [1.82, 2.24) is 9.88 Å². The molecular weight excluding hydrogens is 444 g/mol. The van der Waals surface area contributed by atoms with Crippen LogP contribution in [0.4, 0.5) is 9.93 Å². The molecule has 170 valence electrons. The first kappa shape index (κ1) is 25.2. The number of thiazole rings is 1. The van der Waals surface area contributed by atoms with Crippen LogP contribution in [0.3, 0.4) is 0 Å². The minimum absolute atomic E-state index is 0. The Morgan fingerprint density at radius 1 is 1.23 bits per heavy atom. The zero-order chi connectivity index (χ0) is 20.8. The minimum atomic E-state index is -1.01. The van der Waals surface area contributed by atoms with Crippen molar-refractivity contribution in [2.45, 2.75) is 87.0 Å². The van der Waals surface area contributed by atoms with Crippen molar-refractivity contribution in [3.05, 3.63) is 6.20 Å². The molecule has 7 nitrogen and oxygen atoms in total. The summed E-state index contributed by atoms with van der Waals surface area (Å²) in [6.45, 7) is 2.30. The van der Waals surface area contributed by atoms with E-state index in [2.05, 4.69) is 22.1 Å². The number of carboxylic acids is 1. The van der Waals surface area contributed by atoms with Gasteiger partial charge in [0.1, 0.15) is 6.04 Å². The fraction of sp³-hybridized carbons (Fsp3) is 0.750. The summed E-state index contributed by atoms with van der Waals surface area (Å²) >= 11 is 2.73. The molecule has 1 atom stereocenters. The first-order chi connectivity index (χ1) is 13.9. The number of carbonyl (C=O) groups is 2. The van der Waals surface area contributed by atoms with E-state index in [0.717, 1.165) is 35.8 Å². The van der Waals surface area contributed by atoms with E-state index in [1.54, 1.807) is 6.20 Å². The second-order valence-electron chi connectivity index (χ2n) is 8.28. The molecule has 30 heavy (non-hydrogen) atoms. The van der Waals surface area contributed by atoms with Crippen LogP contribution in [-0.4, -0.2) is 50.9 Å². The topological polar surface area (TPSA) is 109 Å². The highest BCUT2D eigenvalue weighted by Crippen LogP contribution is 2.34. The van der Waals surface area contributed by atoms with E-state index in [4.69, 9.17) is 10.8 Å². The number of carbonyl (C=O) groups excluding carboxylic acids is 1. The standard InChI is InChI=1S/C20H32N4O3S2.ClH/c1-13-7-9-15(10-8-13)24(14-5-3-2-4-6-14)20(27)23-19-22-11-17(29-19)28-12-16(21)18(25)26;/h11,13-16H,2-10,12,21H2,1H3,(H,25,26)(H,22,23,27);1H/t13?,15?,16-;/m1./s1. The molecule has 10 heteroatoms. The quantitative estimate of drug-likeness (QED) is 0.487. The van der Waals surface area contributed by atoms with E-state index in [9.17, 15) is 9.59 Å². The van der Waals surface area contributed by atoms with Crippen molar-refractivity contribution < 1.29 is 14.7 Å². The maximum absolute atomic E-state index is 13.2. The Labute approximate surface area is 193 Å². The highest BCUT2D eigenvalue weighted by atomic mass is 35.5. The second kappa shape index (κ2) is 12.1. The van der Waals surface area contributed by atoms with E-state index < -0.39 is 12.0 Å². The Morgan fingerprint density at radius 3 is 2.50 bits per heavy atom. The summed E-state index contributed by atoms with van der Waals surface area (Å²) in [7, 11) is 0. The molecule has 3 rings (SSSR count). The van der Waals surface area contributed by atoms with Crippen molar-refractivity contribution in [2.24, 2.45) is 11.7 Å². The number of nitrogens with one attached hydrogen (secondary N) is 1. The van der Waals surface area contributed by atoms with Crippen LogP contribution < -0.4 is 11.1 Å². The molecule has 2 aliphatic rings. The Balaban J connectivity index is 0.00000320. The molecule has 2 saturated carbocycles. The molecule has 1 aromatic rings. The molecular formula is C20H33ClN4O3S2. The molecule has 2 fully saturated rings. The maximum Gasteiger partial charge on any atom is 0.324 e. The number of hydrogen-bond acceptors (Lipinski definition) is 6. The number of nitrogens with two attached hydrogens (primary N) is 1. The average Bonchev–Trinajstić information content (AvgIpc) is 3.15. The van der Waals surface area contributed by atoms with E-state index >= 15 is 0 Å². The van der Waals surface area contributed by atoms with Crippen LogP contribution in [0.1, 0.15) is 64.7 Å². The Hall–Kier alpha value is -1.03. The van der Waals surface area contributed by atoms with E-state index in [-0.39, 0.29) is 24.2 Å². The number of hydrogen-bond donors (Lipinski definition) is 3. The Morgan fingerprint density at radius 2 is 1.87 bits per heavy atom. The summed E-state index contributed by atoms with van der Waals surface area (Å²) in [5, 5.41) is 12.5. The second-order valence-corrected chi connectivity index (χ2v) is 10.6. The molecule has 2 aliphatic carbocycles. The number of thioether (sulfide) groups is 1. The number of anilines is 1. The normalized spacial score (nSPS) is 23.3. The molecule has 4 N–H and O–H groups in total. The minimum Gasteiger partial charge on any atom is -0.480 e. The third-order valence-electron chi connectivity index (χ3n) is 6.00. The first-order valence-corrected chi connectivity index (χ1v) is 12.4. The largest absolute Gasteiger partial charge is 0.480 e. The molecule has 1 aromatic heterocycles. The van der Waals surface area contributed by atoms with Crippen molar-refractivity contribution in [2.75, 3.05) is 11.1 Å². The zero-order valence-corrected chi connectivity index (χ0v) is 19.9. The van der Waals surface area contributed by atoms with Gasteiger partial charge in [-0.25, -0.2) is 9.78 Å². The predicted octanol–water partition coefficient (Wildman–Crippen LogP) is 4.81. The van der Waals surface area contributed by atoms with Crippen LogP contribution in [-0.2, 0) is 4.79 Å². The van der Waals surface area contributed by atoms with Crippen molar-refractivity contribution >= 4 is 52.6 Å². The maximum atomic E-state index is 13.2. The van der Waals surface area contributed by atoms with Gasteiger partial charge in [0.15, 0.2) is 5.13 Å². The number of rotatable bonds is 7.